The fraction of sp³-hybridized carbons (Fsp3) is 0.333. The van der Waals surface area contributed by atoms with E-state index in [1.165, 1.54) is 11.8 Å². The summed E-state index contributed by atoms with van der Waals surface area (Å²) < 4.78 is 7.33. The summed E-state index contributed by atoms with van der Waals surface area (Å²) >= 11 is 0. The van der Waals surface area contributed by atoms with E-state index in [-0.39, 0.29) is 11.7 Å². The van der Waals surface area contributed by atoms with Gasteiger partial charge in [0.1, 0.15) is 12.8 Å². The standard InChI is InChI=1S/C24H25N5O4/c30-23(25-21-9-10-21)20-7-5-19(6-8-20)18-3-1-17(2-4-18)15-27-11-12-28-16-22(29(31)32)26-24(28)33-14-13-27/h1-8,16,21H,9-15H2,(H,25,30). The zero-order valence-corrected chi connectivity index (χ0v) is 18.1. The number of aromatic nitrogens is 2. The Hall–Kier alpha value is -3.72. The molecule has 170 valence electrons. The van der Waals surface area contributed by atoms with Crippen LogP contribution in [0.1, 0.15) is 28.8 Å². The summed E-state index contributed by atoms with van der Waals surface area (Å²) in [6.07, 6.45) is 3.58. The number of fused-ring (bicyclic) bond motifs is 1. The molecule has 2 aromatic carbocycles. The molecule has 0 unspecified atom stereocenters. The smallest absolute Gasteiger partial charge is 0.414 e. The molecule has 5 rings (SSSR count). The fourth-order valence-electron chi connectivity index (χ4n) is 3.91. The van der Waals surface area contributed by atoms with Crippen molar-refractivity contribution in [2.24, 2.45) is 0 Å². The first-order chi connectivity index (χ1) is 16.0. The number of carbonyl (C=O) groups is 1. The molecule has 1 saturated carbocycles. The van der Waals surface area contributed by atoms with Gasteiger partial charge in [-0.1, -0.05) is 36.4 Å². The molecule has 0 radical (unpaired) electrons. The zero-order valence-electron chi connectivity index (χ0n) is 18.1. The third kappa shape index (κ3) is 5.04. The van der Waals surface area contributed by atoms with Crippen LogP contribution < -0.4 is 10.1 Å². The van der Waals surface area contributed by atoms with Gasteiger partial charge in [-0.05, 0) is 46.6 Å². The van der Waals surface area contributed by atoms with Gasteiger partial charge in [-0.3, -0.25) is 14.3 Å². The molecule has 0 bridgehead atoms. The molecule has 1 N–H and O–H groups in total. The number of hydrogen-bond acceptors (Lipinski definition) is 6. The van der Waals surface area contributed by atoms with Crippen molar-refractivity contribution < 1.29 is 14.5 Å². The van der Waals surface area contributed by atoms with Crippen molar-refractivity contribution in [2.45, 2.75) is 32.0 Å². The number of hydrogen-bond donors (Lipinski definition) is 1. The quantitative estimate of drug-likeness (QED) is 0.460. The lowest BCUT2D eigenvalue weighted by Crippen LogP contribution is -2.33. The Bertz CT molecular complexity index is 1150. The highest BCUT2D eigenvalue weighted by molar-refractivity contribution is 5.95. The molecule has 2 heterocycles. The Balaban J connectivity index is 1.20. The molecule has 0 atom stereocenters. The summed E-state index contributed by atoms with van der Waals surface area (Å²) in [6.45, 7) is 3.22. The minimum atomic E-state index is -0.503. The molecule has 1 aliphatic carbocycles. The van der Waals surface area contributed by atoms with Crippen molar-refractivity contribution in [3.63, 3.8) is 0 Å². The van der Waals surface area contributed by atoms with Crippen LogP contribution in [0.25, 0.3) is 11.1 Å². The highest BCUT2D eigenvalue weighted by atomic mass is 16.6. The van der Waals surface area contributed by atoms with Crippen LogP contribution in [0.2, 0.25) is 0 Å². The van der Waals surface area contributed by atoms with Crippen LogP contribution in [-0.4, -0.2) is 51.0 Å². The molecule has 9 heteroatoms. The molecule has 1 aromatic heterocycles. The van der Waals surface area contributed by atoms with E-state index >= 15 is 0 Å². The molecular formula is C24H25N5O4. The van der Waals surface area contributed by atoms with Gasteiger partial charge in [0.25, 0.3) is 5.91 Å². The molecule has 2 aliphatic rings. The van der Waals surface area contributed by atoms with Gasteiger partial charge in [0.15, 0.2) is 0 Å². The number of nitro groups is 1. The highest BCUT2D eigenvalue weighted by Gasteiger charge is 2.24. The first-order valence-corrected chi connectivity index (χ1v) is 11.1. The van der Waals surface area contributed by atoms with Gasteiger partial charge in [-0.25, -0.2) is 0 Å². The first kappa shape index (κ1) is 21.1. The minimum absolute atomic E-state index is 0.00551. The van der Waals surface area contributed by atoms with E-state index in [2.05, 4.69) is 39.5 Å². The number of nitrogens with one attached hydrogen (secondary N) is 1. The number of benzene rings is 2. The summed E-state index contributed by atoms with van der Waals surface area (Å²) in [5.41, 5.74) is 4.03. The second-order valence-electron chi connectivity index (χ2n) is 8.48. The van der Waals surface area contributed by atoms with Crippen molar-refractivity contribution in [1.82, 2.24) is 19.8 Å². The molecule has 1 amide bonds. The topological polar surface area (TPSA) is 103 Å². The summed E-state index contributed by atoms with van der Waals surface area (Å²) in [5.74, 6) is -0.195. The molecule has 9 nitrogen and oxygen atoms in total. The second-order valence-corrected chi connectivity index (χ2v) is 8.48. The maximum Gasteiger partial charge on any atom is 0.414 e. The van der Waals surface area contributed by atoms with Gasteiger partial charge in [-0.2, -0.15) is 0 Å². The summed E-state index contributed by atoms with van der Waals surface area (Å²) in [6, 6.07) is 16.8. The first-order valence-electron chi connectivity index (χ1n) is 11.1. The molecule has 1 aliphatic heterocycles. The van der Waals surface area contributed by atoms with Crippen molar-refractivity contribution >= 4 is 11.7 Å². The molecule has 33 heavy (non-hydrogen) atoms. The van der Waals surface area contributed by atoms with Crippen molar-refractivity contribution in [3.05, 3.63) is 76.0 Å². The van der Waals surface area contributed by atoms with Crippen molar-refractivity contribution in [3.8, 4) is 17.1 Å². The Labute approximate surface area is 191 Å². The van der Waals surface area contributed by atoms with Crippen LogP contribution in [0.15, 0.2) is 54.7 Å². The Kier molecular flexibility index (Phi) is 5.78. The molecule has 0 saturated heterocycles. The van der Waals surface area contributed by atoms with E-state index in [1.54, 1.807) is 4.57 Å². The monoisotopic (exact) mass is 447 g/mol. The predicted octanol–water partition coefficient (Wildman–Crippen LogP) is 3.25. The van der Waals surface area contributed by atoms with Crippen LogP contribution in [0.5, 0.6) is 6.01 Å². The molecule has 0 spiro atoms. The minimum Gasteiger partial charge on any atom is -0.444 e. The Morgan fingerprint density at radius 1 is 1.06 bits per heavy atom. The van der Waals surface area contributed by atoms with E-state index < -0.39 is 4.92 Å². The van der Waals surface area contributed by atoms with Gasteiger partial charge in [0.05, 0.1) is 0 Å². The lowest BCUT2D eigenvalue weighted by Gasteiger charge is -2.24. The summed E-state index contributed by atoms with van der Waals surface area (Å²) in [7, 11) is 0. The van der Waals surface area contributed by atoms with E-state index in [9.17, 15) is 14.9 Å². The number of carbonyl (C=O) groups excluding carboxylic acids is 1. The Morgan fingerprint density at radius 3 is 2.42 bits per heavy atom. The normalized spacial score (nSPS) is 16.2. The summed E-state index contributed by atoms with van der Waals surface area (Å²) in [5, 5.41) is 14.0. The number of nitrogens with zero attached hydrogens (tertiary/aromatic N) is 4. The SMILES string of the molecule is O=C(NC1CC1)c1ccc(-c2ccc(CN3CCOc4nc([N+](=O)[O-])cn4CC3)cc2)cc1. The van der Waals surface area contributed by atoms with Crippen LogP contribution in [0.3, 0.4) is 0 Å². The van der Waals surface area contributed by atoms with Crippen LogP contribution in [-0.2, 0) is 13.1 Å². The van der Waals surface area contributed by atoms with E-state index in [1.807, 2.05) is 24.3 Å². The van der Waals surface area contributed by atoms with Crippen molar-refractivity contribution in [1.29, 1.82) is 0 Å². The molecular weight excluding hydrogens is 422 g/mol. The van der Waals surface area contributed by atoms with Gasteiger partial charge >= 0.3 is 11.8 Å². The second kappa shape index (κ2) is 9.03. The van der Waals surface area contributed by atoms with Crippen LogP contribution in [0.4, 0.5) is 5.82 Å². The van der Waals surface area contributed by atoms with Gasteiger partial charge in [0, 0.05) is 42.8 Å². The molecule has 1 fully saturated rings. The Morgan fingerprint density at radius 2 is 1.76 bits per heavy atom. The largest absolute Gasteiger partial charge is 0.444 e. The highest BCUT2D eigenvalue weighted by Crippen LogP contribution is 2.23. The number of rotatable bonds is 6. The number of ether oxygens (including phenoxy) is 1. The lowest BCUT2D eigenvalue weighted by molar-refractivity contribution is -0.389. The maximum atomic E-state index is 12.2. The lowest BCUT2D eigenvalue weighted by atomic mass is 10.0. The third-order valence-electron chi connectivity index (χ3n) is 5.96. The maximum absolute atomic E-state index is 12.2. The van der Waals surface area contributed by atoms with Gasteiger partial charge in [0.2, 0.25) is 0 Å². The molecule has 3 aromatic rings. The van der Waals surface area contributed by atoms with E-state index in [0.29, 0.717) is 37.3 Å². The average molecular weight is 447 g/mol. The number of imidazole rings is 1. The van der Waals surface area contributed by atoms with Gasteiger partial charge in [-0.15, -0.1) is 0 Å². The third-order valence-corrected chi connectivity index (χ3v) is 5.96. The van der Waals surface area contributed by atoms with E-state index in [0.717, 1.165) is 37.1 Å². The van der Waals surface area contributed by atoms with Gasteiger partial charge < -0.3 is 20.2 Å². The van der Waals surface area contributed by atoms with E-state index in [4.69, 9.17) is 4.74 Å². The van der Waals surface area contributed by atoms with Crippen LogP contribution in [0, 0.1) is 10.1 Å². The van der Waals surface area contributed by atoms with Crippen molar-refractivity contribution in [2.75, 3.05) is 19.7 Å². The average Bonchev–Trinajstić information content (AvgIpc) is 3.54. The fourth-order valence-corrected chi connectivity index (χ4v) is 3.91. The number of amides is 1. The summed E-state index contributed by atoms with van der Waals surface area (Å²) in [4.78, 5) is 28.8. The predicted molar refractivity (Wildman–Crippen MR) is 122 cm³/mol. The zero-order chi connectivity index (χ0) is 22.8. The van der Waals surface area contributed by atoms with Crippen LogP contribution >= 0.6 is 0 Å².